The van der Waals surface area contributed by atoms with Crippen LogP contribution in [0.5, 0.6) is 0 Å². The summed E-state index contributed by atoms with van der Waals surface area (Å²) in [6, 6.07) is 6.55. The van der Waals surface area contributed by atoms with Crippen molar-refractivity contribution >= 4 is 16.7 Å². The van der Waals surface area contributed by atoms with Crippen LogP contribution in [0.1, 0.15) is 44.6 Å². The summed E-state index contributed by atoms with van der Waals surface area (Å²) in [5.74, 6) is 1.22. The molecule has 0 amide bonds. The molecule has 4 heteroatoms. The molecule has 0 unspecified atom stereocenters. The predicted octanol–water partition coefficient (Wildman–Crippen LogP) is 4.27. The highest BCUT2D eigenvalue weighted by Crippen LogP contribution is 2.29. The van der Waals surface area contributed by atoms with E-state index in [9.17, 15) is 9.50 Å². The van der Waals surface area contributed by atoms with Crippen molar-refractivity contribution in [3.05, 3.63) is 35.6 Å². The van der Waals surface area contributed by atoms with E-state index in [1.807, 2.05) is 6.07 Å². The molecule has 124 valence electrons. The van der Waals surface area contributed by atoms with Crippen LogP contribution in [-0.4, -0.2) is 23.2 Å². The third kappa shape index (κ3) is 3.63. The van der Waals surface area contributed by atoms with Crippen molar-refractivity contribution < 1.29 is 9.50 Å². The zero-order valence-corrected chi connectivity index (χ0v) is 13.8. The Morgan fingerprint density at radius 3 is 2.70 bits per heavy atom. The number of aliphatic hydroxyl groups is 1. The van der Waals surface area contributed by atoms with Gasteiger partial charge in [-0.3, -0.25) is 0 Å². The lowest BCUT2D eigenvalue weighted by Gasteiger charge is -2.31. The molecular weight excluding hydrogens is 291 g/mol. The first-order chi connectivity index (χ1) is 11.2. The second kappa shape index (κ2) is 7.26. The number of benzene rings is 1. The van der Waals surface area contributed by atoms with Gasteiger partial charge in [0.05, 0.1) is 12.1 Å². The average molecular weight is 316 g/mol. The van der Waals surface area contributed by atoms with Crippen molar-refractivity contribution in [1.82, 2.24) is 4.98 Å². The quantitative estimate of drug-likeness (QED) is 0.895. The molecule has 3 rings (SSSR count). The van der Waals surface area contributed by atoms with Crippen LogP contribution in [0.4, 0.5) is 10.2 Å². The standard InChI is InChI=1S/C19H25FN2O/c1-2-22(12-14-6-4-3-5-7-14)19-16(13-23)10-15-8-9-17(20)11-18(15)21-19/h8-11,14,23H,2-7,12-13H2,1H3. The molecule has 1 saturated carbocycles. The Bertz CT molecular complexity index is 668. The van der Waals surface area contributed by atoms with Crippen molar-refractivity contribution in [2.24, 2.45) is 5.92 Å². The lowest BCUT2D eigenvalue weighted by atomic mass is 9.89. The zero-order valence-electron chi connectivity index (χ0n) is 13.8. The number of nitrogens with zero attached hydrogens (tertiary/aromatic N) is 2. The van der Waals surface area contributed by atoms with Crippen molar-refractivity contribution in [3.63, 3.8) is 0 Å². The van der Waals surface area contributed by atoms with Gasteiger partial charge in [0.15, 0.2) is 0 Å². The number of anilines is 1. The molecule has 0 radical (unpaired) electrons. The van der Waals surface area contributed by atoms with E-state index < -0.39 is 0 Å². The van der Waals surface area contributed by atoms with Crippen LogP contribution < -0.4 is 4.90 Å². The molecule has 0 spiro atoms. The molecule has 1 N–H and O–H groups in total. The van der Waals surface area contributed by atoms with Gasteiger partial charge in [0.25, 0.3) is 0 Å². The van der Waals surface area contributed by atoms with Crippen LogP contribution in [-0.2, 0) is 6.61 Å². The average Bonchev–Trinajstić information content (AvgIpc) is 2.59. The van der Waals surface area contributed by atoms with E-state index in [0.29, 0.717) is 11.4 Å². The van der Waals surface area contributed by atoms with Gasteiger partial charge in [0, 0.05) is 30.1 Å². The Labute approximate surface area is 137 Å². The van der Waals surface area contributed by atoms with Gasteiger partial charge in [-0.25, -0.2) is 9.37 Å². The first-order valence-corrected chi connectivity index (χ1v) is 8.66. The highest BCUT2D eigenvalue weighted by atomic mass is 19.1. The largest absolute Gasteiger partial charge is 0.392 e. The van der Waals surface area contributed by atoms with Crippen LogP contribution in [0.25, 0.3) is 10.9 Å². The summed E-state index contributed by atoms with van der Waals surface area (Å²) >= 11 is 0. The number of hydrogen-bond donors (Lipinski definition) is 1. The van der Waals surface area contributed by atoms with E-state index in [-0.39, 0.29) is 12.4 Å². The van der Waals surface area contributed by atoms with Gasteiger partial charge in [-0.15, -0.1) is 0 Å². The Balaban J connectivity index is 1.93. The van der Waals surface area contributed by atoms with Crippen LogP contribution in [0.3, 0.4) is 0 Å². The Hall–Kier alpha value is -1.68. The summed E-state index contributed by atoms with van der Waals surface area (Å²) in [4.78, 5) is 6.91. The molecule has 1 heterocycles. The van der Waals surface area contributed by atoms with E-state index in [2.05, 4.69) is 16.8 Å². The van der Waals surface area contributed by atoms with E-state index in [1.165, 1.54) is 44.2 Å². The fraction of sp³-hybridized carbons (Fsp3) is 0.526. The smallest absolute Gasteiger partial charge is 0.134 e. The van der Waals surface area contributed by atoms with Gasteiger partial charge in [-0.1, -0.05) is 19.3 Å². The number of aliphatic hydroxyl groups excluding tert-OH is 1. The van der Waals surface area contributed by atoms with E-state index in [0.717, 1.165) is 29.9 Å². The molecule has 1 aliphatic carbocycles. The highest BCUT2D eigenvalue weighted by molar-refractivity contribution is 5.82. The van der Waals surface area contributed by atoms with Crippen molar-refractivity contribution in [3.8, 4) is 0 Å². The predicted molar refractivity (Wildman–Crippen MR) is 92.1 cm³/mol. The first kappa shape index (κ1) is 16.2. The number of aromatic nitrogens is 1. The van der Waals surface area contributed by atoms with E-state index >= 15 is 0 Å². The third-order valence-electron chi connectivity index (χ3n) is 4.89. The van der Waals surface area contributed by atoms with Gasteiger partial charge in [-0.05, 0) is 43.9 Å². The molecular formula is C19H25FN2O. The van der Waals surface area contributed by atoms with Crippen molar-refractivity contribution in [2.45, 2.75) is 45.6 Å². The van der Waals surface area contributed by atoms with Gasteiger partial charge < -0.3 is 10.0 Å². The summed E-state index contributed by atoms with van der Waals surface area (Å²) in [7, 11) is 0. The number of pyridine rings is 1. The molecule has 0 atom stereocenters. The van der Waals surface area contributed by atoms with Gasteiger partial charge in [0.2, 0.25) is 0 Å². The first-order valence-electron chi connectivity index (χ1n) is 8.66. The highest BCUT2D eigenvalue weighted by Gasteiger charge is 2.19. The normalized spacial score (nSPS) is 16.0. The number of rotatable bonds is 5. The minimum atomic E-state index is -0.275. The van der Waals surface area contributed by atoms with Gasteiger partial charge in [0.1, 0.15) is 11.6 Å². The van der Waals surface area contributed by atoms with E-state index in [1.54, 1.807) is 6.07 Å². The molecule has 2 aromatic rings. The third-order valence-corrected chi connectivity index (χ3v) is 4.89. The van der Waals surface area contributed by atoms with Gasteiger partial charge in [-0.2, -0.15) is 0 Å². The lowest BCUT2D eigenvalue weighted by Crippen LogP contribution is -2.32. The summed E-state index contributed by atoms with van der Waals surface area (Å²) in [6.45, 7) is 3.88. The van der Waals surface area contributed by atoms with Crippen molar-refractivity contribution in [2.75, 3.05) is 18.0 Å². The Morgan fingerprint density at radius 1 is 1.22 bits per heavy atom. The molecule has 0 saturated heterocycles. The number of hydrogen-bond acceptors (Lipinski definition) is 3. The second-order valence-electron chi connectivity index (χ2n) is 6.51. The number of fused-ring (bicyclic) bond motifs is 1. The topological polar surface area (TPSA) is 36.4 Å². The van der Waals surface area contributed by atoms with Crippen LogP contribution in [0, 0.1) is 11.7 Å². The molecule has 1 aromatic carbocycles. The molecule has 0 bridgehead atoms. The fourth-order valence-corrected chi connectivity index (χ4v) is 3.61. The summed E-state index contributed by atoms with van der Waals surface area (Å²) in [5.41, 5.74) is 1.47. The summed E-state index contributed by atoms with van der Waals surface area (Å²) in [5, 5.41) is 10.6. The fourth-order valence-electron chi connectivity index (χ4n) is 3.61. The van der Waals surface area contributed by atoms with Crippen LogP contribution >= 0.6 is 0 Å². The minimum Gasteiger partial charge on any atom is -0.392 e. The number of halogens is 1. The molecule has 1 aromatic heterocycles. The molecule has 23 heavy (non-hydrogen) atoms. The zero-order chi connectivity index (χ0) is 16.2. The maximum atomic E-state index is 13.5. The lowest BCUT2D eigenvalue weighted by molar-refractivity contribution is 0.281. The minimum absolute atomic E-state index is 0.0448. The second-order valence-corrected chi connectivity index (χ2v) is 6.51. The Morgan fingerprint density at radius 2 is 2.00 bits per heavy atom. The van der Waals surface area contributed by atoms with Crippen LogP contribution in [0.15, 0.2) is 24.3 Å². The van der Waals surface area contributed by atoms with Gasteiger partial charge >= 0.3 is 0 Å². The molecule has 3 nitrogen and oxygen atoms in total. The maximum absolute atomic E-state index is 13.5. The maximum Gasteiger partial charge on any atom is 0.134 e. The molecule has 1 aliphatic rings. The SMILES string of the molecule is CCN(CC1CCCCC1)c1nc2cc(F)ccc2cc1CO. The monoisotopic (exact) mass is 316 g/mol. The Kier molecular flexibility index (Phi) is 5.11. The van der Waals surface area contributed by atoms with E-state index in [4.69, 9.17) is 0 Å². The molecule has 0 aliphatic heterocycles. The molecule has 1 fully saturated rings. The summed E-state index contributed by atoms with van der Waals surface area (Å²) in [6.07, 6.45) is 6.51. The van der Waals surface area contributed by atoms with Crippen molar-refractivity contribution in [1.29, 1.82) is 0 Å². The summed E-state index contributed by atoms with van der Waals surface area (Å²) < 4.78 is 13.5. The van der Waals surface area contributed by atoms with Crippen LogP contribution in [0.2, 0.25) is 0 Å².